The number of benzene rings is 1. The van der Waals surface area contributed by atoms with Gasteiger partial charge in [-0.05, 0) is 12.1 Å². The van der Waals surface area contributed by atoms with Gasteiger partial charge in [0.1, 0.15) is 5.75 Å². The Labute approximate surface area is 104 Å². The van der Waals surface area contributed by atoms with Crippen LogP contribution in [-0.2, 0) is 21.9 Å². The molecule has 0 saturated heterocycles. The molecule has 2 rings (SSSR count). The second kappa shape index (κ2) is 4.23. The van der Waals surface area contributed by atoms with Gasteiger partial charge in [0, 0.05) is 34.9 Å². The molecule has 6 heteroatoms. The molecule has 4 nitrogen and oxygen atoms in total. The Morgan fingerprint density at radius 3 is 2.65 bits per heavy atom. The number of aromatic nitrogens is 1. The fourth-order valence-electron chi connectivity index (χ4n) is 1.91. The lowest BCUT2D eigenvalue weighted by Gasteiger charge is -2.09. The van der Waals surface area contributed by atoms with Gasteiger partial charge in [-0.1, -0.05) is 6.07 Å². The normalized spacial score (nSPS) is 11.9. The highest BCUT2D eigenvalue weighted by atomic mass is 35.7. The van der Waals surface area contributed by atoms with Gasteiger partial charge in [0.15, 0.2) is 0 Å². The minimum Gasteiger partial charge on any atom is -0.496 e. The second-order valence-electron chi connectivity index (χ2n) is 3.80. The molecule has 0 fully saturated rings. The molecule has 0 spiro atoms. The summed E-state index contributed by atoms with van der Waals surface area (Å²) in [6, 6.07) is 5.47. The molecule has 0 radical (unpaired) electrons. The van der Waals surface area contributed by atoms with Crippen LogP contribution in [0.5, 0.6) is 5.75 Å². The van der Waals surface area contributed by atoms with E-state index in [2.05, 4.69) is 0 Å². The molecular formula is C11H12ClNO3S. The van der Waals surface area contributed by atoms with Gasteiger partial charge in [0.05, 0.1) is 18.4 Å². The SMILES string of the molecule is COc1c(CS(=O)(=O)Cl)ccc2c1ccn2C. The van der Waals surface area contributed by atoms with Crippen LogP contribution in [0.15, 0.2) is 24.4 Å². The van der Waals surface area contributed by atoms with Crippen LogP contribution in [0.1, 0.15) is 5.56 Å². The summed E-state index contributed by atoms with van der Waals surface area (Å²) in [5, 5.41) is 0.882. The number of halogens is 1. The van der Waals surface area contributed by atoms with Crippen molar-refractivity contribution in [2.24, 2.45) is 7.05 Å². The van der Waals surface area contributed by atoms with E-state index >= 15 is 0 Å². The van der Waals surface area contributed by atoms with Gasteiger partial charge >= 0.3 is 0 Å². The van der Waals surface area contributed by atoms with Crippen molar-refractivity contribution in [2.45, 2.75) is 5.75 Å². The summed E-state index contributed by atoms with van der Waals surface area (Å²) in [4.78, 5) is 0. The number of ether oxygens (including phenoxy) is 1. The molecule has 0 aliphatic carbocycles. The van der Waals surface area contributed by atoms with E-state index in [4.69, 9.17) is 15.4 Å². The van der Waals surface area contributed by atoms with Crippen LogP contribution in [0.4, 0.5) is 0 Å². The number of nitrogens with zero attached hydrogens (tertiary/aromatic N) is 1. The highest BCUT2D eigenvalue weighted by Crippen LogP contribution is 2.31. The first kappa shape index (κ1) is 12.3. The summed E-state index contributed by atoms with van der Waals surface area (Å²) in [6.45, 7) is 0. The maximum Gasteiger partial charge on any atom is 0.236 e. The molecule has 2 aromatic rings. The van der Waals surface area contributed by atoms with Crippen molar-refractivity contribution >= 4 is 30.6 Å². The van der Waals surface area contributed by atoms with Gasteiger partial charge in [-0.2, -0.15) is 0 Å². The first-order chi connectivity index (χ1) is 7.92. The van der Waals surface area contributed by atoms with E-state index in [0.29, 0.717) is 11.3 Å². The van der Waals surface area contributed by atoms with E-state index in [1.807, 2.05) is 29.9 Å². The van der Waals surface area contributed by atoms with Crippen molar-refractivity contribution < 1.29 is 13.2 Å². The Morgan fingerprint density at radius 1 is 1.35 bits per heavy atom. The quantitative estimate of drug-likeness (QED) is 0.806. The molecule has 92 valence electrons. The van der Waals surface area contributed by atoms with Crippen LogP contribution in [-0.4, -0.2) is 20.1 Å². The molecule has 1 aromatic carbocycles. The molecule has 0 N–H and O–H groups in total. The number of aryl methyl sites for hydroxylation is 1. The fourth-order valence-corrected chi connectivity index (χ4v) is 2.86. The number of fused-ring (bicyclic) bond motifs is 1. The standard InChI is InChI=1S/C11H12ClNO3S/c1-13-6-5-9-10(13)4-3-8(11(9)16-2)7-17(12,14)15/h3-6H,7H2,1-2H3. The van der Waals surface area contributed by atoms with Crippen molar-refractivity contribution in [1.82, 2.24) is 4.57 Å². The smallest absolute Gasteiger partial charge is 0.236 e. The summed E-state index contributed by atoms with van der Waals surface area (Å²) >= 11 is 0. The zero-order valence-electron chi connectivity index (χ0n) is 9.47. The Hall–Kier alpha value is -1.20. The van der Waals surface area contributed by atoms with E-state index in [9.17, 15) is 8.42 Å². The molecule has 0 bridgehead atoms. The van der Waals surface area contributed by atoms with E-state index < -0.39 is 9.05 Å². The van der Waals surface area contributed by atoms with Crippen LogP contribution < -0.4 is 4.74 Å². The first-order valence-electron chi connectivity index (χ1n) is 4.95. The second-order valence-corrected chi connectivity index (χ2v) is 6.58. The number of methoxy groups -OCH3 is 1. The Morgan fingerprint density at radius 2 is 2.06 bits per heavy atom. The highest BCUT2D eigenvalue weighted by molar-refractivity contribution is 8.13. The number of hydrogen-bond donors (Lipinski definition) is 0. The zero-order chi connectivity index (χ0) is 12.6. The largest absolute Gasteiger partial charge is 0.496 e. The van der Waals surface area contributed by atoms with Gasteiger partial charge in [0.2, 0.25) is 9.05 Å². The fraction of sp³-hybridized carbons (Fsp3) is 0.273. The Kier molecular flexibility index (Phi) is 3.05. The molecule has 1 aromatic heterocycles. The minimum atomic E-state index is -3.59. The summed E-state index contributed by atoms with van der Waals surface area (Å²) in [7, 11) is 5.11. The van der Waals surface area contributed by atoms with Gasteiger partial charge in [-0.15, -0.1) is 0 Å². The maximum atomic E-state index is 11.1. The molecule has 0 unspecified atom stereocenters. The Balaban J connectivity index is 2.65. The van der Waals surface area contributed by atoms with Crippen LogP contribution >= 0.6 is 10.7 Å². The molecular weight excluding hydrogens is 262 g/mol. The van der Waals surface area contributed by atoms with E-state index in [-0.39, 0.29) is 5.75 Å². The van der Waals surface area contributed by atoms with Gasteiger partial charge in [-0.3, -0.25) is 0 Å². The number of rotatable bonds is 3. The summed E-state index contributed by atoms with van der Waals surface area (Å²) < 4.78 is 29.5. The van der Waals surface area contributed by atoms with E-state index in [1.54, 1.807) is 6.07 Å². The lowest BCUT2D eigenvalue weighted by Crippen LogP contribution is -1.99. The average molecular weight is 274 g/mol. The van der Waals surface area contributed by atoms with Crippen LogP contribution in [0.25, 0.3) is 10.9 Å². The van der Waals surface area contributed by atoms with Crippen LogP contribution in [0.2, 0.25) is 0 Å². The lowest BCUT2D eigenvalue weighted by atomic mass is 10.1. The number of hydrogen-bond acceptors (Lipinski definition) is 3. The van der Waals surface area contributed by atoms with Crippen molar-refractivity contribution in [3.63, 3.8) is 0 Å². The van der Waals surface area contributed by atoms with Crippen LogP contribution in [0, 0.1) is 0 Å². The molecule has 0 amide bonds. The lowest BCUT2D eigenvalue weighted by molar-refractivity contribution is 0.416. The third-order valence-electron chi connectivity index (χ3n) is 2.63. The monoisotopic (exact) mass is 273 g/mol. The topological polar surface area (TPSA) is 48.3 Å². The van der Waals surface area contributed by atoms with Crippen molar-refractivity contribution in [3.05, 3.63) is 30.0 Å². The highest BCUT2D eigenvalue weighted by Gasteiger charge is 2.15. The summed E-state index contributed by atoms with van der Waals surface area (Å²) in [6.07, 6.45) is 1.90. The molecule has 0 saturated carbocycles. The van der Waals surface area contributed by atoms with Crippen molar-refractivity contribution in [2.75, 3.05) is 7.11 Å². The average Bonchev–Trinajstić information content (AvgIpc) is 2.58. The third-order valence-corrected chi connectivity index (χ3v) is 3.61. The van der Waals surface area contributed by atoms with Crippen molar-refractivity contribution in [1.29, 1.82) is 0 Å². The predicted octanol–water partition coefficient (Wildman–Crippen LogP) is 2.26. The summed E-state index contributed by atoms with van der Waals surface area (Å²) in [5.74, 6) is 0.329. The molecule has 17 heavy (non-hydrogen) atoms. The van der Waals surface area contributed by atoms with Crippen molar-refractivity contribution in [3.8, 4) is 5.75 Å². The van der Waals surface area contributed by atoms with Gasteiger partial charge in [-0.25, -0.2) is 8.42 Å². The zero-order valence-corrected chi connectivity index (χ0v) is 11.0. The Bertz CT molecular complexity index is 661. The van der Waals surface area contributed by atoms with Crippen LogP contribution in [0.3, 0.4) is 0 Å². The summed E-state index contributed by atoms with van der Waals surface area (Å²) in [5.41, 5.74) is 1.55. The maximum absolute atomic E-state index is 11.1. The van der Waals surface area contributed by atoms with E-state index in [1.165, 1.54) is 7.11 Å². The molecule has 0 aliphatic rings. The van der Waals surface area contributed by atoms with Gasteiger partial charge in [0.25, 0.3) is 0 Å². The predicted molar refractivity (Wildman–Crippen MR) is 67.9 cm³/mol. The van der Waals surface area contributed by atoms with E-state index in [0.717, 1.165) is 10.9 Å². The minimum absolute atomic E-state index is 0.234. The molecule has 0 atom stereocenters. The molecule has 1 heterocycles. The first-order valence-corrected chi connectivity index (χ1v) is 7.43. The van der Waals surface area contributed by atoms with Gasteiger partial charge < -0.3 is 9.30 Å². The third kappa shape index (κ3) is 2.40. The molecule has 0 aliphatic heterocycles.